The summed E-state index contributed by atoms with van der Waals surface area (Å²) in [5, 5.41) is 15.8. The zero-order valence-electron chi connectivity index (χ0n) is 5.43. The predicted octanol–water partition coefficient (Wildman–Crippen LogP) is -0.0763. The smallest absolute Gasteiger partial charge is 0.330 e. The lowest BCUT2D eigenvalue weighted by Crippen LogP contribution is -2.17. The van der Waals surface area contributed by atoms with Crippen LogP contribution in [0.5, 0.6) is 0 Å². The quantitative estimate of drug-likeness (QED) is 0.625. The molecule has 1 rings (SSSR count). The topological polar surface area (TPSA) is 68.0 Å². The van der Waals surface area contributed by atoms with Crippen molar-refractivity contribution in [1.82, 2.24) is 15.0 Å². The van der Waals surface area contributed by atoms with Gasteiger partial charge in [-0.25, -0.2) is 4.79 Å². The van der Waals surface area contributed by atoms with Gasteiger partial charge in [-0.15, -0.1) is 0 Å². The van der Waals surface area contributed by atoms with Crippen LogP contribution < -0.4 is 0 Å². The fourth-order valence-corrected chi connectivity index (χ4v) is 0.525. The molecule has 1 aromatic heterocycles. The molecule has 54 valence electrons. The highest BCUT2D eigenvalue weighted by Crippen LogP contribution is 1.98. The number of aliphatic carboxylic acids is 1. The summed E-state index contributed by atoms with van der Waals surface area (Å²) in [4.78, 5) is 11.4. The Kier molecular flexibility index (Phi) is 1.66. The molecule has 1 aromatic rings. The highest BCUT2D eigenvalue weighted by molar-refractivity contribution is 5.70. The molecular formula is C5H7N3O2. The first-order chi connectivity index (χ1) is 4.72. The molecule has 0 amide bonds. The van der Waals surface area contributed by atoms with Crippen molar-refractivity contribution in [3.8, 4) is 0 Å². The number of hydrogen-bond donors (Lipinski definition) is 1. The van der Waals surface area contributed by atoms with E-state index in [1.165, 1.54) is 19.3 Å². The summed E-state index contributed by atoms with van der Waals surface area (Å²) in [6.45, 7) is 1.52. The number of rotatable bonds is 2. The van der Waals surface area contributed by atoms with Crippen molar-refractivity contribution < 1.29 is 9.90 Å². The first-order valence-corrected chi connectivity index (χ1v) is 2.80. The molecule has 0 aliphatic carbocycles. The molecule has 1 atom stereocenters. The lowest BCUT2D eigenvalue weighted by Gasteiger charge is -2.02. The third-order valence-electron chi connectivity index (χ3n) is 1.14. The van der Waals surface area contributed by atoms with Crippen LogP contribution in [0.4, 0.5) is 0 Å². The molecule has 0 saturated heterocycles. The summed E-state index contributed by atoms with van der Waals surface area (Å²) in [6.07, 6.45) is 2.89. The molecule has 5 heteroatoms. The van der Waals surface area contributed by atoms with Crippen LogP contribution in [-0.4, -0.2) is 26.1 Å². The van der Waals surface area contributed by atoms with Gasteiger partial charge in [0.25, 0.3) is 0 Å². The molecule has 0 spiro atoms. The third kappa shape index (κ3) is 1.12. The van der Waals surface area contributed by atoms with Gasteiger partial charge in [0.05, 0.1) is 12.4 Å². The van der Waals surface area contributed by atoms with E-state index < -0.39 is 12.0 Å². The van der Waals surface area contributed by atoms with Crippen molar-refractivity contribution in [3.63, 3.8) is 0 Å². The fourth-order valence-electron chi connectivity index (χ4n) is 0.525. The molecule has 10 heavy (non-hydrogen) atoms. The van der Waals surface area contributed by atoms with Crippen LogP contribution in [0.3, 0.4) is 0 Å². The van der Waals surface area contributed by atoms with E-state index in [-0.39, 0.29) is 0 Å². The van der Waals surface area contributed by atoms with Crippen LogP contribution in [0.25, 0.3) is 0 Å². The SMILES string of the molecule is CC(C(=O)O)n1nccn1. The first kappa shape index (κ1) is 6.73. The van der Waals surface area contributed by atoms with Gasteiger partial charge in [-0.05, 0) is 6.92 Å². The van der Waals surface area contributed by atoms with E-state index in [1.807, 2.05) is 0 Å². The zero-order valence-corrected chi connectivity index (χ0v) is 5.43. The van der Waals surface area contributed by atoms with E-state index in [0.29, 0.717) is 0 Å². The minimum Gasteiger partial charge on any atom is -0.480 e. The monoisotopic (exact) mass is 141 g/mol. The Bertz CT molecular complexity index is 219. The van der Waals surface area contributed by atoms with Gasteiger partial charge in [0.15, 0.2) is 6.04 Å². The van der Waals surface area contributed by atoms with Gasteiger partial charge in [0.1, 0.15) is 0 Å². The van der Waals surface area contributed by atoms with Gasteiger partial charge < -0.3 is 5.11 Å². The summed E-state index contributed by atoms with van der Waals surface area (Å²) in [7, 11) is 0. The van der Waals surface area contributed by atoms with Crippen molar-refractivity contribution in [2.24, 2.45) is 0 Å². The maximum Gasteiger partial charge on any atom is 0.330 e. The molecule has 0 aromatic carbocycles. The molecule has 1 unspecified atom stereocenters. The van der Waals surface area contributed by atoms with Crippen molar-refractivity contribution in [2.75, 3.05) is 0 Å². The maximum absolute atomic E-state index is 10.3. The Hall–Kier alpha value is -1.39. The Morgan fingerprint density at radius 1 is 1.60 bits per heavy atom. The van der Waals surface area contributed by atoms with E-state index in [1.54, 1.807) is 0 Å². The average Bonchev–Trinajstić information content (AvgIpc) is 2.36. The number of aromatic nitrogens is 3. The molecule has 0 bridgehead atoms. The Morgan fingerprint density at radius 2 is 2.10 bits per heavy atom. The van der Waals surface area contributed by atoms with Gasteiger partial charge in [-0.3, -0.25) is 0 Å². The molecule has 1 N–H and O–H groups in total. The standard InChI is InChI=1S/C5H7N3O2/c1-4(5(9)10)8-6-2-3-7-8/h2-4H,1H3,(H,9,10). The van der Waals surface area contributed by atoms with Crippen LogP contribution >= 0.6 is 0 Å². The summed E-state index contributed by atoms with van der Waals surface area (Å²) in [5.74, 6) is -0.934. The maximum atomic E-state index is 10.3. The van der Waals surface area contributed by atoms with Crippen molar-refractivity contribution >= 4 is 5.97 Å². The summed E-state index contributed by atoms with van der Waals surface area (Å²) >= 11 is 0. The molecule has 0 fully saturated rings. The van der Waals surface area contributed by atoms with E-state index in [4.69, 9.17) is 5.11 Å². The first-order valence-electron chi connectivity index (χ1n) is 2.80. The lowest BCUT2D eigenvalue weighted by molar-refractivity contribution is -0.141. The molecule has 0 aliphatic rings. The van der Waals surface area contributed by atoms with Crippen molar-refractivity contribution in [1.29, 1.82) is 0 Å². The number of hydrogen-bond acceptors (Lipinski definition) is 3. The normalized spacial score (nSPS) is 12.9. The number of carbonyl (C=O) groups is 1. The molecule has 5 nitrogen and oxygen atoms in total. The van der Waals surface area contributed by atoms with Crippen LogP contribution in [0.2, 0.25) is 0 Å². The van der Waals surface area contributed by atoms with E-state index >= 15 is 0 Å². The van der Waals surface area contributed by atoms with E-state index in [9.17, 15) is 4.79 Å². The summed E-state index contributed by atoms with van der Waals surface area (Å²) < 4.78 is 0. The molecular weight excluding hydrogens is 134 g/mol. The van der Waals surface area contributed by atoms with Gasteiger partial charge in [0, 0.05) is 0 Å². The number of nitrogens with zero attached hydrogens (tertiary/aromatic N) is 3. The Balaban J connectivity index is 2.77. The minimum absolute atomic E-state index is 0.685. The lowest BCUT2D eigenvalue weighted by atomic mass is 10.4. The van der Waals surface area contributed by atoms with Crippen LogP contribution in [0.15, 0.2) is 12.4 Å². The second kappa shape index (κ2) is 2.47. The second-order valence-electron chi connectivity index (χ2n) is 1.86. The number of carboxylic acids is 1. The van der Waals surface area contributed by atoms with Gasteiger partial charge in [-0.1, -0.05) is 0 Å². The molecule has 0 radical (unpaired) electrons. The van der Waals surface area contributed by atoms with Gasteiger partial charge in [-0.2, -0.15) is 15.0 Å². The minimum atomic E-state index is -0.934. The fraction of sp³-hybridized carbons (Fsp3) is 0.400. The van der Waals surface area contributed by atoms with Crippen molar-refractivity contribution in [2.45, 2.75) is 13.0 Å². The van der Waals surface area contributed by atoms with Crippen LogP contribution in [0, 0.1) is 0 Å². The van der Waals surface area contributed by atoms with Crippen LogP contribution in [0.1, 0.15) is 13.0 Å². The number of carboxylic acid groups (broad SMARTS) is 1. The average molecular weight is 141 g/mol. The van der Waals surface area contributed by atoms with E-state index in [0.717, 1.165) is 4.80 Å². The summed E-state index contributed by atoms with van der Waals surface area (Å²) in [5.41, 5.74) is 0. The van der Waals surface area contributed by atoms with Gasteiger partial charge in [0.2, 0.25) is 0 Å². The Labute approximate surface area is 57.3 Å². The third-order valence-corrected chi connectivity index (χ3v) is 1.14. The van der Waals surface area contributed by atoms with Gasteiger partial charge >= 0.3 is 5.97 Å². The Morgan fingerprint density at radius 3 is 2.50 bits per heavy atom. The molecule has 0 aliphatic heterocycles. The van der Waals surface area contributed by atoms with E-state index in [2.05, 4.69) is 10.2 Å². The zero-order chi connectivity index (χ0) is 7.56. The second-order valence-corrected chi connectivity index (χ2v) is 1.86. The highest BCUT2D eigenvalue weighted by Gasteiger charge is 2.13. The van der Waals surface area contributed by atoms with Crippen molar-refractivity contribution in [3.05, 3.63) is 12.4 Å². The predicted molar refractivity (Wildman–Crippen MR) is 32.4 cm³/mol. The molecule has 1 heterocycles. The molecule has 0 saturated carbocycles. The highest BCUT2D eigenvalue weighted by atomic mass is 16.4. The summed E-state index contributed by atoms with van der Waals surface area (Å²) in [6, 6.07) is -0.685. The van der Waals surface area contributed by atoms with Crippen LogP contribution in [-0.2, 0) is 4.79 Å². The largest absolute Gasteiger partial charge is 0.480 e.